The molecule has 13 heavy (non-hydrogen) atoms. The monoisotopic (exact) mass is 184 g/mol. The summed E-state index contributed by atoms with van der Waals surface area (Å²) < 4.78 is 0. The quantitative estimate of drug-likeness (QED) is 0.696. The molecule has 0 amide bonds. The largest absolute Gasteiger partial charge is 0.317 e. The van der Waals surface area contributed by atoms with Gasteiger partial charge in [0.05, 0.1) is 0 Å². The van der Waals surface area contributed by atoms with Gasteiger partial charge in [-0.3, -0.25) is 0 Å². The Morgan fingerprint density at radius 3 is 2.23 bits per heavy atom. The van der Waals surface area contributed by atoms with E-state index in [4.69, 9.17) is 0 Å². The normalized spacial score (nSPS) is 29.5. The molecule has 78 valence electrons. The van der Waals surface area contributed by atoms with Crippen molar-refractivity contribution in [3.63, 3.8) is 0 Å². The van der Waals surface area contributed by atoms with Gasteiger partial charge in [-0.1, -0.05) is 13.8 Å². The molecule has 0 unspecified atom stereocenters. The third kappa shape index (κ3) is 4.10. The molecule has 1 rings (SSSR count). The maximum atomic E-state index is 3.53. The van der Waals surface area contributed by atoms with Crippen LogP contribution in [0.5, 0.6) is 0 Å². The van der Waals surface area contributed by atoms with Crippen molar-refractivity contribution >= 4 is 0 Å². The minimum atomic E-state index is 0.641. The highest BCUT2D eigenvalue weighted by Gasteiger charge is 2.19. The molecule has 0 spiro atoms. The minimum Gasteiger partial charge on any atom is -0.317 e. The van der Waals surface area contributed by atoms with Gasteiger partial charge < -0.3 is 10.6 Å². The van der Waals surface area contributed by atoms with Crippen LogP contribution < -0.4 is 10.6 Å². The van der Waals surface area contributed by atoms with Crippen molar-refractivity contribution < 1.29 is 0 Å². The Labute approximate surface area is 82.5 Å². The average molecular weight is 184 g/mol. The van der Waals surface area contributed by atoms with E-state index < -0.39 is 0 Å². The first-order valence-electron chi connectivity index (χ1n) is 5.63. The van der Waals surface area contributed by atoms with Crippen molar-refractivity contribution in [2.45, 2.75) is 51.6 Å². The molecule has 1 aliphatic carbocycles. The molecule has 0 heterocycles. The van der Waals surface area contributed by atoms with Crippen molar-refractivity contribution in [2.24, 2.45) is 5.92 Å². The molecule has 0 saturated heterocycles. The summed E-state index contributed by atoms with van der Waals surface area (Å²) in [6.07, 6.45) is 5.51. The molecule has 0 aromatic rings. The van der Waals surface area contributed by atoms with Gasteiger partial charge in [-0.2, -0.15) is 0 Å². The molecular weight excluding hydrogens is 160 g/mol. The van der Waals surface area contributed by atoms with E-state index in [0.717, 1.165) is 12.0 Å². The SMILES string of the molecule is CNC1CCC(CNC(C)C)CC1. The highest BCUT2D eigenvalue weighted by Crippen LogP contribution is 2.23. The summed E-state index contributed by atoms with van der Waals surface area (Å²) in [7, 11) is 2.08. The van der Waals surface area contributed by atoms with Crippen molar-refractivity contribution in [1.82, 2.24) is 10.6 Å². The Morgan fingerprint density at radius 1 is 1.15 bits per heavy atom. The van der Waals surface area contributed by atoms with E-state index in [9.17, 15) is 0 Å². The van der Waals surface area contributed by atoms with Gasteiger partial charge in [-0.15, -0.1) is 0 Å². The smallest absolute Gasteiger partial charge is 0.00642 e. The lowest BCUT2D eigenvalue weighted by Gasteiger charge is -2.28. The van der Waals surface area contributed by atoms with Crippen LogP contribution in [0.15, 0.2) is 0 Å². The fourth-order valence-corrected chi connectivity index (χ4v) is 2.06. The first kappa shape index (κ1) is 11.0. The standard InChI is InChI=1S/C11H24N2/c1-9(2)13-8-10-4-6-11(12-3)7-5-10/h9-13H,4-8H2,1-3H3. The van der Waals surface area contributed by atoms with Gasteiger partial charge in [0.1, 0.15) is 0 Å². The van der Waals surface area contributed by atoms with Gasteiger partial charge in [-0.05, 0) is 45.2 Å². The third-order valence-electron chi connectivity index (χ3n) is 3.07. The molecule has 0 atom stereocenters. The first-order chi connectivity index (χ1) is 6.22. The Bertz CT molecular complexity index is 126. The van der Waals surface area contributed by atoms with Crippen LogP contribution in [0.1, 0.15) is 39.5 Å². The lowest BCUT2D eigenvalue weighted by Crippen LogP contribution is -2.35. The Balaban J connectivity index is 2.10. The number of hydrogen-bond donors (Lipinski definition) is 2. The molecule has 2 nitrogen and oxygen atoms in total. The summed E-state index contributed by atoms with van der Waals surface area (Å²) in [6.45, 7) is 5.66. The van der Waals surface area contributed by atoms with E-state index >= 15 is 0 Å². The van der Waals surface area contributed by atoms with Crippen LogP contribution in [0, 0.1) is 5.92 Å². The highest BCUT2D eigenvalue weighted by molar-refractivity contribution is 4.77. The fraction of sp³-hybridized carbons (Fsp3) is 1.00. The zero-order valence-electron chi connectivity index (χ0n) is 9.27. The van der Waals surface area contributed by atoms with E-state index in [0.29, 0.717) is 6.04 Å². The molecule has 0 aliphatic heterocycles. The van der Waals surface area contributed by atoms with E-state index in [2.05, 4.69) is 31.5 Å². The minimum absolute atomic E-state index is 0.641. The van der Waals surface area contributed by atoms with Crippen LogP contribution in [0.4, 0.5) is 0 Å². The number of nitrogens with one attached hydrogen (secondary N) is 2. The van der Waals surface area contributed by atoms with E-state index in [-0.39, 0.29) is 0 Å². The van der Waals surface area contributed by atoms with E-state index in [1.807, 2.05) is 0 Å². The second kappa shape index (κ2) is 5.61. The van der Waals surface area contributed by atoms with Crippen LogP contribution in [0.3, 0.4) is 0 Å². The molecule has 1 aliphatic rings. The van der Waals surface area contributed by atoms with Crippen LogP contribution in [0.25, 0.3) is 0 Å². The molecule has 0 aromatic carbocycles. The Hall–Kier alpha value is -0.0800. The zero-order chi connectivity index (χ0) is 9.68. The second-order valence-corrected chi connectivity index (χ2v) is 4.57. The lowest BCUT2D eigenvalue weighted by atomic mass is 9.86. The second-order valence-electron chi connectivity index (χ2n) is 4.57. The maximum absolute atomic E-state index is 3.53. The van der Waals surface area contributed by atoms with Crippen molar-refractivity contribution in [3.8, 4) is 0 Å². The summed E-state index contributed by atoms with van der Waals surface area (Å²) in [6, 6.07) is 1.43. The van der Waals surface area contributed by atoms with Crippen LogP contribution in [0.2, 0.25) is 0 Å². The van der Waals surface area contributed by atoms with Gasteiger partial charge >= 0.3 is 0 Å². The van der Waals surface area contributed by atoms with Crippen LogP contribution in [-0.2, 0) is 0 Å². The van der Waals surface area contributed by atoms with Gasteiger partial charge in [0.25, 0.3) is 0 Å². The van der Waals surface area contributed by atoms with Crippen LogP contribution in [-0.4, -0.2) is 25.7 Å². The van der Waals surface area contributed by atoms with E-state index in [1.165, 1.54) is 32.2 Å². The molecule has 0 aromatic heterocycles. The molecule has 0 radical (unpaired) electrons. The Kier molecular flexibility index (Phi) is 4.74. The summed E-state index contributed by atoms with van der Waals surface area (Å²) in [5.74, 6) is 0.923. The number of rotatable bonds is 4. The summed E-state index contributed by atoms with van der Waals surface area (Å²) in [5, 5.41) is 6.90. The molecule has 2 heteroatoms. The predicted octanol–water partition coefficient (Wildman–Crippen LogP) is 1.76. The van der Waals surface area contributed by atoms with E-state index in [1.54, 1.807) is 0 Å². The Morgan fingerprint density at radius 2 is 1.77 bits per heavy atom. The molecule has 1 fully saturated rings. The lowest BCUT2D eigenvalue weighted by molar-refractivity contribution is 0.288. The molecular formula is C11H24N2. The van der Waals surface area contributed by atoms with Gasteiger partial charge in [0, 0.05) is 12.1 Å². The van der Waals surface area contributed by atoms with Gasteiger partial charge in [-0.25, -0.2) is 0 Å². The molecule has 2 N–H and O–H groups in total. The maximum Gasteiger partial charge on any atom is 0.00642 e. The third-order valence-corrected chi connectivity index (χ3v) is 3.07. The first-order valence-corrected chi connectivity index (χ1v) is 5.63. The fourth-order valence-electron chi connectivity index (χ4n) is 2.06. The van der Waals surface area contributed by atoms with Crippen LogP contribution >= 0.6 is 0 Å². The van der Waals surface area contributed by atoms with Crippen molar-refractivity contribution in [1.29, 1.82) is 0 Å². The summed E-state index contributed by atoms with van der Waals surface area (Å²) in [5.41, 5.74) is 0. The topological polar surface area (TPSA) is 24.1 Å². The molecule has 0 bridgehead atoms. The highest BCUT2D eigenvalue weighted by atomic mass is 14.9. The average Bonchev–Trinajstić information content (AvgIpc) is 2.15. The van der Waals surface area contributed by atoms with Crippen molar-refractivity contribution in [2.75, 3.05) is 13.6 Å². The summed E-state index contributed by atoms with van der Waals surface area (Å²) in [4.78, 5) is 0. The predicted molar refractivity (Wildman–Crippen MR) is 57.9 cm³/mol. The molecule has 1 saturated carbocycles. The number of hydrogen-bond acceptors (Lipinski definition) is 2. The van der Waals surface area contributed by atoms with Crippen molar-refractivity contribution in [3.05, 3.63) is 0 Å². The van der Waals surface area contributed by atoms with Gasteiger partial charge in [0.2, 0.25) is 0 Å². The summed E-state index contributed by atoms with van der Waals surface area (Å²) >= 11 is 0. The zero-order valence-corrected chi connectivity index (χ0v) is 9.27. The van der Waals surface area contributed by atoms with Gasteiger partial charge in [0.15, 0.2) is 0 Å².